The maximum atomic E-state index is 5.87. The summed E-state index contributed by atoms with van der Waals surface area (Å²) in [7, 11) is 0. The van der Waals surface area contributed by atoms with Crippen LogP contribution in [-0.2, 0) is 4.74 Å². The monoisotopic (exact) mass is 270 g/mol. The lowest BCUT2D eigenvalue weighted by Gasteiger charge is -2.26. The van der Waals surface area contributed by atoms with Crippen LogP contribution < -0.4 is 5.32 Å². The molecule has 5 nitrogen and oxygen atoms in total. The van der Waals surface area contributed by atoms with Crippen LogP contribution in [0.5, 0.6) is 0 Å². The van der Waals surface area contributed by atoms with E-state index in [1.54, 1.807) is 6.07 Å². The molecule has 0 saturated carbocycles. The van der Waals surface area contributed by atoms with Crippen molar-refractivity contribution in [3.8, 4) is 0 Å². The first-order valence-electron chi connectivity index (χ1n) is 6.29. The zero-order valence-electron chi connectivity index (χ0n) is 10.7. The highest BCUT2D eigenvalue weighted by molar-refractivity contribution is 6.29. The number of morpholine rings is 1. The van der Waals surface area contributed by atoms with Crippen molar-refractivity contribution in [3.63, 3.8) is 0 Å². The van der Waals surface area contributed by atoms with Gasteiger partial charge in [0.25, 0.3) is 0 Å². The normalized spacial score (nSPS) is 16.8. The summed E-state index contributed by atoms with van der Waals surface area (Å²) in [6, 6.07) is 1.75. The van der Waals surface area contributed by atoms with E-state index >= 15 is 0 Å². The Balaban J connectivity index is 1.68. The Bertz CT molecular complexity index is 362. The largest absolute Gasteiger partial charge is 0.379 e. The quantitative estimate of drug-likeness (QED) is 0.650. The van der Waals surface area contributed by atoms with Crippen LogP contribution in [0.1, 0.15) is 12.2 Å². The number of hydrogen-bond acceptors (Lipinski definition) is 5. The third kappa shape index (κ3) is 4.40. The predicted octanol–water partition coefficient (Wildman–Crippen LogP) is 1.57. The summed E-state index contributed by atoms with van der Waals surface area (Å²) in [4.78, 5) is 10.7. The van der Waals surface area contributed by atoms with Crippen LogP contribution in [0.4, 0.5) is 5.82 Å². The fourth-order valence-electron chi connectivity index (χ4n) is 1.97. The molecule has 1 aliphatic rings. The topological polar surface area (TPSA) is 50.3 Å². The van der Waals surface area contributed by atoms with Gasteiger partial charge in [-0.05, 0) is 19.9 Å². The van der Waals surface area contributed by atoms with Gasteiger partial charge in [0.2, 0.25) is 0 Å². The molecule has 0 spiro atoms. The van der Waals surface area contributed by atoms with Gasteiger partial charge in [0.1, 0.15) is 16.8 Å². The maximum absolute atomic E-state index is 5.87. The first kappa shape index (κ1) is 13.5. The number of aryl methyl sites for hydroxylation is 1. The van der Waals surface area contributed by atoms with E-state index in [9.17, 15) is 0 Å². The minimum Gasteiger partial charge on any atom is -0.379 e. The van der Waals surface area contributed by atoms with Gasteiger partial charge in [-0.3, -0.25) is 4.90 Å². The minimum absolute atomic E-state index is 0.484. The number of rotatable bonds is 5. The van der Waals surface area contributed by atoms with Crippen molar-refractivity contribution in [1.29, 1.82) is 0 Å². The van der Waals surface area contributed by atoms with Gasteiger partial charge in [-0.15, -0.1) is 0 Å². The molecule has 0 aromatic carbocycles. The van der Waals surface area contributed by atoms with Crippen molar-refractivity contribution in [1.82, 2.24) is 14.9 Å². The minimum atomic E-state index is 0.484. The van der Waals surface area contributed by atoms with Crippen molar-refractivity contribution < 1.29 is 4.74 Å². The SMILES string of the molecule is Cc1nc(Cl)cc(NCCCN2CCOCC2)n1. The second-order valence-corrected chi connectivity index (χ2v) is 4.74. The fourth-order valence-corrected chi connectivity index (χ4v) is 2.19. The maximum Gasteiger partial charge on any atom is 0.134 e. The summed E-state index contributed by atoms with van der Waals surface area (Å²) in [5.41, 5.74) is 0. The molecule has 2 heterocycles. The second-order valence-electron chi connectivity index (χ2n) is 4.36. The second kappa shape index (κ2) is 6.87. The van der Waals surface area contributed by atoms with E-state index in [4.69, 9.17) is 16.3 Å². The van der Waals surface area contributed by atoms with Gasteiger partial charge >= 0.3 is 0 Å². The highest BCUT2D eigenvalue weighted by Gasteiger charge is 2.09. The number of nitrogens with one attached hydrogen (secondary N) is 1. The molecule has 1 N–H and O–H groups in total. The van der Waals surface area contributed by atoms with Gasteiger partial charge in [-0.25, -0.2) is 9.97 Å². The molecule has 1 aromatic rings. The van der Waals surface area contributed by atoms with Gasteiger partial charge in [0.05, 0.1) is 13.2 Å². The Kier molecular flexibility index (Phi) is 5.16. The molecule has 0 unspecified atom stereocenters. The number of ether oxygens (including phenoxy) is 1. The average Bonchev–Trinajstić information content (AvgIpc) is 2.35. The molecule has 18 heavy (non-hydrogen) atoms. The number of halogens is 1. The Labute approximate surface area is 113 Å². The molecule has 0 radical (unpaired) electrons. The number of nitrogens with zero attached hydrogens (tertiary/aromatic N) is 3. The van der Waals surface area contributed by atoms with E-state index in [-0.39, 0.29) is 0 Å². The molecule has 1 fully saturated rings. The highest BCUT2D eigenvalue weighted by Crippen LogP contribution is 2.10. The van der Waals surface area contributed by atoms with Crippen LogP contribution in [0.3, 0.4) is 0 Å². The van der Waals surface area contributed by atoms with Crippen LogP contribution in [0.15, 0.2) is 6.07 Å². The van der Waals surface area contributed by atoms with E-state index in [1.165, 1.54) is 0 Å². The Morgan fingerprint density at radius 1 is 1.39 bits per heavy atom. The lowest BCUT2D eigenvalue weighted by atomic mass is 10.3. The molecule has 0 atom stereocenters. The van der Waals surface area contributed by atoms with E-state index in [2.05, 4.69) is 20.2 Å². The molecule has 1 aliphatic heterocycles. The van der Waals surface area contributed by atoms with Gasteiger partial charge in [-0.2, -0.15) is 0 Å². The third-order valence-electron chi connectivity index (χ3n) is 2.87. The standard InChI is InChI=1S/C12H19ClN4O/c1-10-15-11(13)9-12(16-10)14-3-2-4-17-5-7-18-8-6-17/h9H,2-8H2,1H3,(H,14,15,16). The van der Waals surface area contributed by atoms with Crippen LogP contribution >= 0.6 is 11.6 Å². The van der Waals surface area contributed by atoms with Gasteiger partial charge in [-0.1, -0.05) is 11.6 Å². The molecule has 0 amide bonds. The third-order valence-corrected chi connectivity index (χ3v) is 3.06. The average molecular weight is 271 g/mol. The summed E-state index contributed by atoms with van der Waals surface area (Å²) in [6.45, 7) is 7.61. The smallest absolute Gasteiger partial charge is 0.134 e. The summed E-state index contributed by atoms with van der Waals surface area (Å²) < 4.78 is 5.31. The summed E-state index contributed by atoms with van der Waals surface area (Å²) >= 11 is 5.87. The van der Waals surface area contributed by atoms with E-state index in [1.807, 2.05) is 6.92 Å². The van der Waals surface area contributed by atoms with Gasteiger partial charge in [0, 0.05) is 25.7 Å². The molecule has 0 aliphatic carbocycles. The summed E-state index contributed by atoms with van der Waals surface area (Å²) in [5, 5.41) is 3.76. The van der Waals surface area contributed by atoms with Crippen molar-refractivity contribution in [2.45, 2.75) is 13.3 Å². The Hall–Kier alpha value is -0.910. The Morgan fingerprint density at radius 3 is 2.89 bits per heavy atom. The molecule has 6 heteroatoms. The Morgan fingerprint density at radius 2 is 2.17 bits per heavy atom. The number of anilines is 1. The van der Waals surface area contributed by atoms with Crippen molar-refractivity contribution in [3.05, 3.63) is 17.0 Å². The molecular weight excluding hydrogens is 252 g/mol. The lowest BCUT2D eigenvalue weighted by Crippen LogP contribution is -2.37. The molecule has 2 rings (SSSR count). The molecular formula is C12H19ClN4O. The molecule has 0 bridgehead atoms. The molecule has 1 saturated heterocycles. The molecule has 100 valence electrons. The number of aromatic nitrogens is 2. The number of hydrogen-bond donors (Lipinski definition) is 1. The van der Waals surface area contributed by atoms with E-state index in [0.717, 1.165) is 51.6 Å². The van der Waals surface area contributed by atoms with Crippen molar-refractivity contribution in [2.24, 2.45) is 0 Å². The van der Waals surface area contributed by atoms with Crippen LogP contribution in [0.25, 0.3) is 0 Å². The first-order chi connectivity index (χ1) is 8.74. The van der Waals surface area contributed by atoms with Crippen LogP contribution in [0.2, 0.25) is 5.15 Å². The lowest BCUT2D eigenvalue weighted by molar-refractivity contribution is 0.0378. The van der Waals surface area contributed by atoms with Crippen LogP contribution in [-0.4, -0.2) is 54.3 Å². The summed E-state index contributed by atoms with van der Waals surface area (Å²) in [5.74, 6) is 1.49. The van der Waals surface area contributed by atoms with E-state index < -0.39 is 0 Å². The predicted molar refractivity (Wildman–Crippen MR) is 72.1 cm³/mol. The summed E-state index contributed by atoms with van der Waals surface area (Å²) in [6.07, 6.45) is 1.08. The molecule has 1 aromatic heterocycles. The van der Waals surface area contributed by atoms with Gasteiger partial charge in [0.15, 0.2) is 0 Å². The van der Waals surface area contributed by atoms with Crippen molar-refractivity contribution in [2.75, 3.05) is 44.7 Å². The van der Waals surface area contributed by atoms with Crippen molar-refractivity contribution >= 4 is 17.4 Å². The van der Waals surface area contributed by atoms with Crippen LogP contribution in [0, 0.1) is 6.92 Å². The highest BCUT2D eigenvalue weighted by atomic mass is 35.5. The van der Waals surface area contributed by atoms with Gasteiger partial charge < -0.3 is 10.1 Å². The zero-order chi connectivity index (χ0) is 12.8. The zero-order valence-corrected chi connectivity index (χ0v) is 11.4. The van der Waals surface area contributed by atoms with E-state index in [0.29, 0.717) is 11.0 Å². The first-order valence-corrected chi connectivity index (χ1v) is 6.67. The fraction of sp³-hybridized carbons (Fsp3) is 0.667.